The molecule has 0 radical (unpaired) electrons. The third kappa shape index (κ3) is 4.64. The Hall–Kier alpha value is -0.700. The second-order valence-corrected chi connectivity index (χ2v) is 6.78. The van der Waals surface area contributed by atoms with Gasteiger partial charge < -0.3 is 9.84 Å². The Bertz CT molecular complexity index is 691. The number of aromatic nitrogens is 2. The van der Waals surface area contributed by atoms with Crippen molar-refractivity contribution >= 4 is 47.8 Å². The topological polar surface area (TPSA) is 64.4 Å². The quantitative estimate of drug-likeness (QED) is 0.711. The van der Waals surface area contributed by atoms with Gasteiger partial charge in [-0.3, -0.25) is 4.79 Å². The first-order valence-electron chi connectivity index (χ1n) is 5.95. The monoisotopic (exact) mass is 480 g/mol. The van der Waals surface area contributed by atoms with Gasteiger partial charge in [0.05, 0.1) is 17.2 Å². The molecule has 0 aliphatic carbocycles. The number of halogens is 3. The largest absolute Gasteiger partial charge is 0.491 e. The molecule has 1 aromatic carbocycles. The molecular weight excluding hydrogens is 472 g/mol. The molecule has 0 saturated carbocycles. The van der Waals surface area contributed by atoms with Crippen molar-refractivity contribution in [3.63, 3.8) is 0 Å². The van der Waals surface area contributed by atoms with Gasteiger partial charge in [0.2, 0.25) is 0 Å². The van der Waals surface area contributed by atoms with E-state index in [4.69, 9.17) is 4.74 Å². The molecular formula is C13H11Br3N2O3. The molecule has 0 saturated heterocycles. The molecule has 0 fully saturated rings. The van der Waals surface area contributed by atoms with Crippen molar-refractivity contribution < 1.29 is 9.84 Å². The van der Waals surface area contributed by atoms with Crippen LogP contribution in [0.15, 0.2) is 48.7 Å². The van der Waals surface area contributed by atoms with Crippen molar-refractivity contribution in [2.45, 2.75) is 12.6 Å². The van der Waals surface area contributed by atoms with Gasteiger partial charge in [-0.15, -0.1) is 0 Å². The van der Waals surface area contributed by atoms with Gasteiger partial charge >= 0.3 is 0 Å². The Labute approximate surface area is 146 Å². The van der Waals surface area contributed by atoms with Gasteiger partial charge in [-0.25, -0.2) is 4.68 Å². The van der Waals surface area contributed by atoms with Crippen LogP contribution in [0.5, 0.6) is 5.75 Å². The molecule has 0 aliphatic rings. The number of hydrogen-bond donors (Lipinski definition) is 1. The van der Waals surface area contributed by atoms with E-state index < -0.39 is 6.10 Å². The molecule has 0 unspecified atom stereocenters. The summed E-state index contributed by atoms with van der Waals surface area (Å²) in [5.74, 6) is 0.640. The number of aliphatic hydroxyl groups is 1. The lowest BCUT2D eigenvalue weighted by molar-refractivity contribution is 0.0878. The highest BCUT2D eigenvalue weighted by molar-refractivity contribution is 9.13. The summed E-state index contributed by atoms with van der Waals surface area (Å²) in [5.41, 5.74) is -0.314. The maximum Gasteiger partial charge on any atom is 0.282 e. The fraction of sp³-hybridized carbons (Fsp3) is 0.231. The number of hydrogen-bond acceptors (Lipinski definition) is 4. The summed E-state index contributed by atoms with van der Waals surface area (Å²) in [6, 6.07) is 7.31. The van der Waals surface area contributed by atoms with E-state index in [2.05, 4.69) is 52.9 Å². The maximum atomic E-state index is 11.9. The molecule has 21 heavy (non-hydrogen) atoms. The Morgan fingerprint density at radius 2 is 2.10 bits per heavy atom. The van der Waals surface area contributed by atoms with E-state index in [9.17, 15) is 9.90 Å². The molecule has 2 rings (SSSR count). The number of rotatable bonds is 5. The van der Waals surface area contributed by atoms with E-state index in [0.29, 0.717) is 14.7 Å². The van der Waals surface area contributed by atoms with E-state index >= 15 is 0 Å². The highest BCUT2D eigenvalue weighted by Crippen LogP contribution is 2.18. The predicted molar refractivity (Wildman–Crippen MR) is 89.5 cm³/mol. The average molecular weight is 483 g/mol. The summed E-state index contributed by atoms with van der Waals surface area (Å²) in [5, 5.41) is 13.9. The number of aliphatic hydroxyl groups excluding tert-OH is 1. The van der Waals surface area contributed by atoms with Gasteiger partial charge in [0.1, 0.15) is 22.9 Å². The Morgan fingerprint density at radius 1 is 1.33 bits per heavy atom. The van der Waals surface area contributed by atoms with Crippen molar-refractivity contribution in [3.8, 4) is 5.75 Å². The molecule has 1 aromatic heterocycles. The molecule has 2 aromatic rings. The summed E-state index contributed by atoms with van der Waals surface area (Å²) >= 11 is 9.71. The lowest BCUT2D eigenvalue weighted by atomic mass is 10.3. The fourth-order valence-corrected chi connectivity index (χ4v) is 2.52. The first-order valence-corrected chi connectivity index (χ1v) is 8.33. The lowest BCUT2D eigenvalue weighted by Gasteiger charge is -2.13. The van der Waals surface area contributed by atoms with E-state index in [1.54, 1.807) is 12.1 Å². The minimum atomic E-state index is -0.845. The van der Waals surface area contributed by atoms with Gasteiger partial charge in [-0.05, 0) is 50.1 Å². The van der Waals surface area contributed by atoms with Gasteiger partial charge in [0, 0.05) is 4.47 Å². The number of ether oxygens (including phenoxy) is 1. The highest BCUT2D eigenvalue weighted by Gasteiger charge is 2.12. The normalized spacial score (nSPS) is 12.2. The summed E-state index contributed by atoms with van der Waals surface area (Å²) < 4.78 is 8.49. The summed E-state index contributed by atoms with van der Waals surface area (Å²) in [4.78, 5) is 11.9. The second-order valence-electron chi connectivity index (χ2n) is 4.22. The Morgan fingerprint density at radius 3 is 2.81 bits per heavy atom. The molecule has 0 spiro atoms. The van der Waals surface area contributed by atoms with Crippen LogP contribution in [0.4, 0.5) is 0 Å². The van der Waals surface area contributed by atoms with Crippen molar-refractivity contribution in [2.24, 2.45) is 0 Å². The minimum absolute atomic E-state index is 0.0543. The van der Waals surface area contributed by atoms with Crippen LogP contribution in [0, 0.1) is 0 Å². The van der Waals surface area contributed by atoms with Gasteiger partial charge in [0.25, 0.3) is 5.56 Å². The molecule has 1 N–H and O–H groups in total. The average Bonchev–Trinajstić information content (AvgIpc) is 2.46. The maximum absolute atomic E-state index is 11.9. The SMILES string of the molecule is O=c1c(Br)c(Br)cnn1C[C@@H](O)COc1cccc(Br)c1. The lowest BCUT2D eigenvalue weighted by Crippen LogP contribution is -2.32. The van der Waals surface area contributed by atoms with Crippen LogP contribution in [0.25, 0.3) is 0 Å². The smallest absolute Gasteiger partial charge is 0.282 e. The molecule has 112 valence electrons. The van der Waals surface area contributed by atoms with E-state index in [0.717, 1.165) is 4.47 Å². The van der Waals surface area contributed by atoms with Crippen molar-refractivity contribution in [1.82, 2.24) is 9.78 Å². The van der Waals surface area contributed by atoms with Crippen LogP contribution in [0.2, 0.25) is 0 Å². The number of nitrogens with zero attached hydrogens (tertiary/aromatic N) is 2. The number of benzene rings is 1. The molecule has 1 atom stereocenters. The summed E-state index contributed by atoms with van der Waals surface area (Å²) in [7, 11) is 0. The van der Waals surface area contributed by atoms with Crippen LogP contribution in [-0.4, -0.2) is 27.6 Å². The van der Waals surface area contributed by atoms with Gasteiger partial charge in [0.15, 0.2) is 0 Å². The first kappa shape index (κ1) is 16.7. The summed E-state index contributed by atoms with van der Waals surface area (Å²) in [6.45, 7) is 0.122. The third-order valence-electron chi connectivity index (χ3n) is 2.56. The second kappa shape index (κ2) is 7.53. The molecule has 1 heterocycles. The highest BCUT2D eigenvalue weighted by atomic mass is 79.9. The molecule has 8 heteroatoms. The zero-order valence-electron chi connectivity index (χ0n) is 10.7. The van der Waals surface area contributed by atoms with E-state index in [1.165, 1.54) is 10.9 Å². The van der Waals surface area contributed by atoms with Crippen LogP contribution in [0.1, 0.15) is 0 Å². The van der Waals surface area contributed by atoms with Crippen molar-refractivity contribution in [3.05, 3.63) is 54.2 Å². The van der Waals surface area contributed by atoms with Crippen LogP contribution in [-0.2, 0) is 6.54 Å². The molecule has 0 amide bonds. The van der Waals surface area contributed by atoms with Crippen LogP contribution < -0.4 is 10.3 Å². The summed E-state index contributed by atoms with van der Waals surface area (Å²) in [6.07, 6.45) is 0.648. The van der Waals surface area contributed by atoms with Crippen molar-refractivity contribution in [2.75, 3.05) is 6.61 Å². The molecule has 0 bridgehead atoms. The van der Waals surface area contributed by atoms with E-state index in [-0.39, 0.29) is 18.7 Å². The van der Waals surface area contributed by atoms with Gasteiger partial charge in [-0.1, -0.05) is 22.0 Å². The third-order valence-corrected chi connectivity index (χ3v) is 4.96. The molecule has 5 nitrogen and oxygen atoms in total. The zero-order valence-corrected chi connectivity index (χ0v) is 15.4. The zero-order chi connectivity index (χ0) is 15.4. The Kier molecular flexibility index (Phi) is 5.98. The minimum Gasteiger partial charge on any atom is -0.491 e. The Balaban J connectivity index is 1.98. The van der Waals surface area contributed by atoms with E-state index in [1.807, 2.05) is 12.1 Å². The first-order chi connectivity index (χ1) is 9.97. The van der Waals surface area contributed by atoms with Crippen molar-refractivity contribution in [1.29, 1.82) is 0 Å². The van der Waals surface area contributed by atoms with Gasteiger partial charge in [-0.2, -0.15) is 5.10 Å². The fourth-order valence-electron chi connectivity index (χ4n) is 1.58. The van der Waals surface area contributed by atoms with Crippen LogP contribution in [0.3, 0.4) is 0 Å². The molecule has 0 aliphatic heterocycles. The van der Waals surface area contributed by atoms with Crippen LogP contribution >= 0.6 is 47.8 Å². The standard InChI is InChI=1S/C13H11Br3N2O3/c14-8-2-1-3-10(4-8)21-7-9(19)6-18-13(20)12(16)11(15)5-17-18/h1-5,9,19H,6-7H2/t9-/m1/s1. The predicted octanol–water partition coefficient (Wildman–Crippen LogP) is 2.97.